The summed E-state index contributed by atoms with van der Waals surface area (Å²) in [7, 11) is -4.41. The summed E-state index contributed by atoms with van der Waals surface area (Å²) in [5.74, 6) is -0.877. The molecule has 0 aromatic carbocycles. The summed E-state index contributed by atoms with van der Waals surface area (Å²) >= 11 is 0. The topological polar surface area (TPSA) is 134 Å². The molecule has 0 aromatic heterocycles. The van der Waals surface area contributed by atoms with E-state index in [4.69, 9.17) is 24.3 Å². The third-order valence-electron chi connectivity index (χ3n) is 11.4. The average Bonchev–Trinajstić information content (AvgIpc) is 3.40. The van der Waals surface area contributed by atoms with Crippen molar-refractivity contribution in [3.63, 3.8) is 0 Å². The molecule has 0 spiro atoms. The molecule has 0 aliphatic rings. The Morgan fingerprint density at radius 2 is 0.693 bits per heavy atom. The summed E-state index contributed by atoms with van der Waals surface area (Å²) in [5, 5.41) is 0. The summed E-state index contributed by atoms with van der Waals surface area (Å²) in [5.41, 5.74) is 5.38. The largest absolute Gasteiger partial charge is 0.472 e. The quantitative estimate of drug-likeness (QED) is 0.0264. The Bertz CT molecular complexity index is 1780. The zero-order chi connectivity index (χ0) is 54.5. The van der Waals surface area contributed by atoms with Gasteiger partial charge in [0.25, 0.3) is 0 Å². The van der Waals surface area contributed by atoms with Crippen LogP contribution in [0.4, 0.5) is 0 Å². The van der Waals surface area contributed by atoms with E-state index in [0.717, 1.165) is 135 Å². The maximum atomic E-state index is 12.7. The molecule has 0 aromatic rings. The van der Waals surface area contributed by atoms with Crippen LogP contribution in [-0.4, -0.2) is 49.3 Å². The number of carbonyl (C=O) groups is 2. The Morgan fingerprint density at radius 1 is 0.400 bits per heavy atom. The lowest BCUT2D eigenvalue weighted by Crippen LogP contribution is -2.29. The Labute approximate surface area is 458 Å². The Morgan fingerprint density at radius 3 is 1.03 bits per heavy atom. The van der Waals surface area contributed by atoms with E-state index in [1.807, 2.05) is 0 Å². The number of allylic oxidation sites excluding steroid dienone is 26. The number of unbranched alkanes of at least 4 members (excludes halogenated alkanes) is 13. The van der Waals surface area contributed by atoms with Crippen molar-refractivity contribution in [1.29, 1.82) is 0 Å². The van der Waals surface area contributed by atoms with Crippen molar-refractivity contribution in [3.05, 3.63) is 158 Å². The number of rotatable bonds is 52. The summed E-state index contributed by atoms with van der Waals surface area (Å²) in [6.07, 6.45) is 85.7. The minimum absolute atomic E-state index is 0.0393. The first-order chi connectivity index (χ1) is 36.8. The van der Waals surface area contributed by atoms with Gasteiger partial charge in [-0.05, 0) is 122 Å². The van der Waals surface area contributed by atoms with Crippen LogP contribution in [0.2, 0.25) is 0 Å². The molecule has 75 heavy (non-hydrogen) atoms. The number of phosphoric ester groups is 1. The van der Waals surface area contributed by atoms with Gasteiger partial charge in [-0.3, -0.25) is 18.6 Å². The van der Waals surface area contributed by atoms with Gasteiger partial charge in [0.05, 0.1) is 13.2 Å². The second kappa shape index (κ2) is 58.9. The minimum atomic E-state index is -4.41. The van der Waals surface area contributed by atoms with Crippen LogP contribution in [0.25, 0.3) is 0 Å². The lowest BCUT2D eigenvalue weighted by Gasteiger charge is -2.19. The van der Waals surface area contributed by atoms with Gasteiger partial charge < -0.3 is 20.1 Å². The molecule has 0 amide bonds. The number of ether oxygens (including phenoxy) is 2. The minimum Gasteiger partial charge on any atom is -0.462 e. The molecule has 0 saturated heterocycles. The molecule has 0 fully saturated rings. The molecule has 0 bridgehead atoms. The van der Waals surface area contributed by atoms with Crippen LogP contribution in [0.3, 0.4) is 0 Å². The zero-order valence-electron chi connectivity index (χ0n) is 47.0. The van der Waals surface area contributed by atoms with E-state index in [1.54, 1.807) is 0 Å². The summed E-state index contributed by atoms with van der Waals surface area (Å²) < 4.78 is 33.0. The van der Waals surface area contributed by atoms with Crippen molar-refractivity contribution in [2.75, 3.05) is 26.4 Å². The number of phosphoric acid groups is 1. The molecule has 0 rings (SSSR count). The van der Waals surface area contributed by atoms with E-state index >= 15 is 0 Å². The summed E-state index contributed by atoms with van der Waals surface area (Å²) in [4.78, 5) is 35.2. The molecule has 0 radical (unpaired) electrons. The highest BCUT2D eigenvalue weighted by Crippen LogP contribution is 2.43. The Kier molecular flexibility index (Phi) is 55.5. The van der Waals surface area contributed by atoms with E-state index in [1.165, 1.54) is 32.1 Å². The molecule has 0 aliphatic carbocycles. The van der Waals surface area contributed by atoms with Crippen molar-refractivity contribution in [2.45, 2.75) is 213 Å². The third kappa shape index (κ3) is 58.7. The average molecular weight is 1060 g/mol. The van der Waals surface area contributed by atoms with E-state index in [9.17, 15) is 19.0 Å². The van der Waals surface area contributed by atoms with Gasteiger partial charge in [0, 0.05) is 19.4 Å². The predicted molar refractivity (Wildman–Crippen MR) is 320 cm³/mol. The fourth-order valence-electron chi connectivity index (χ4n) is 7.21. The monoisotopic (exact) mass is 1060 g/mol. The highest BCUT2D eigenvalue weighted by Gasteiger charge is 2.26. The lowest BCUT2D eigenvalue weighted by atomic mass is 10.1. The van der Waals surface area contributed by atoms with Crippen LogP contribution in [0.5, 0.6) is 0 Å². The van der Waals surface area contributed by atoms with Gasteiger partial charge in [0.15, 0.2) is 6.10 Å². The van der Waals surface area contributed by atoms with E-state index < -0.39 is 32.5 Å². The first-order valence-electron chi connectivity index (χ1n) is 29.0. The third-order valence-corrected chi connectivity index (χ3v) is 12.4. The molecule has 3 N–H and O–H groups in total. The van der Waals surface area contributed by atoms with Gasteiger partial charge in [0.2, 0.25) is 0 Å². The highest BCUT2D eigenvalue weighted by atomic mass is 31.2. The SMILES string of the molecule is CC/C=C\C/C=C\C/C=C\C/C=C\C/C=C\C/C=C\C/C=C\CCCCCCCCCCCC(=O)OC(COC(=O)CCCCCC/C=C\C/C=C\C/C=C\C/C=C\C/C=C\C/C=C\CC)COP(=O)(O)OCCN. The first-order valence-corrected chi connectivity index (χ1v) is 30.5. The van der Waals surface area contributed by atoms with Crippen LogP contribution in [0, 0.1) is 0 Å². The van der Waals surface area contributed by atoms with E-state index in [2.05, 4.69) is 172 Å². The molecule has 0 heterocycles. The molecule has 0 saturated carbocycles. The lowest BCUT2D eigenvalue weighted by molar-refractivity contribution is -0.161. The molecule has 0 aliphatic heterocycles. The maximum absolute atomic E-state index is 12.7. The Hall–Kier alpha value is -4.37. The first kappa shape index (κ1) is 70.6. The van der Waals surface area contributed by atoms with Crippen LogP contribution in [0.15, 0.2) is 158 Å². The molecular weight excluding hydrogens is 954 g/mol. The van der Waals surface area contributed by atoms with Crippen LogP contribution >= 0.6 is 7.82 Å². The molecule has 9 nitrogen and oxygen atoms in total. The van der Waals surface area contributed by atoms with Crippen molar-refractivity contribution in [3.8, 4) is 0 Å². The number of hydrogen-bond donors (Lipinski definition) is 2. The van der Waals surface area contributed by atoms with E-state index in [-0.39, 0.29) is 32.6 Å². The van der Waals surface area contributed by atoms with Gasteiger partial charge in [0.1, 0.15) is 6.61 Å². The van der Waals surface area contributed by atoms with Crippen molar-refractivity contribution < 1.29 is 37.6 Å². The second-order valence-electron chi connectivity index (χ2n) is 18.4. The standard InChI is InChI=1S/C65H104NO8P/c1-3-5-7-9-11-13-15-17-19-21-23-25-27-28-29-30-31-32-33-34-36-38-40-42-44-46-48-50-52-54-56-58-65(68)74-63(62-73-75(69,70)72-60-59-66)61-71-64(67)57-55-53-51-49-47-45-43-41-39-37-35-26-24-22-20-18-16-14-12-10-8-6-4-2/h5-8,11-14,17-20,23-26,28-29,31-32,34,36-37,39,43,45,63H,3-4,9-10,15-16,21-22,27,30,33,35,38,40-42,44,46-62,66H2,1-2H3,(H,69,70)/b7-5-,8-6-,13-11-,14-12-,19-17-,20-18-,25-23-,26-24-,29-28-,32-31-,36-34-,39-37-,45-43-. The van der Waals surface area contributed by atoms with Crippen LogP contribution < -0.4 is 5.73 Å². The molecule has 10 heteroatoms. The van der Waals surface area contributed by atoms with Crippen LogP contribution in [0.1, 0.15) is 206 Å². The second-order valence-corrected chi connectivity index (χ2v) is 19.8. The number of hydrogen-bond acceptors (Lipinski definition) is 8. The number of carbonyl (C=O) groups excluding carboxylic acids is 2. The van der Waals surface area contributed by atoms with Crippen molar-refractivity contribution in [2.24, 2.45) is 5.73 Å². The normalized spacial score (nSPS) is 14.2. The van der Waals surface area contributed by atoms with Crippen LogP contribution in [-0.2, 0) is 32.7 Å². The summed E-state index contributed by atoms with van der Waals surface area (Å²) in [6.45, 7) is 3.45. The fourth-order valence-corrected chi connectivity index (χ4v) is 7.97. The van der Waals surface area contributed by atoms with Gasteiger partial charge in [-0.25, -0.2) is 4.57 Å². The molecular formula is C65H104NO8P. The number of nitrogens with two attached hydrogens (primary N) is 1. The molecule has 2 unspecified atom stereocenters. The van der Waals surface area contributed by atoms with E-state index in [0.29, 0.717) is 12.8 Å². The zero-order valence-corrected chi connectivity index (χ0v) is 47.9. The molecule has 2 atom stereocenters. The smallest absolute Gasteiger partial charge is 0.462 e. The van der Waals surface area contributed by atoms with Crippen molar-refractivity contribution in [1.82, 2.24) is 0 Å². The van der Waals surface area contributed by atoms with Gasteiger partial charge in [-0.2, -0.15) is 0 Å². The maximum Gasteiger partial charge on any atom is 0.472 e. The van der Waals surface area contributed by atoms with Crippen molar-refractivity contribution >= 4 is 19.8 Å². The van der Waals surface area contributed by atoms with Gasteiger partial charge in [-0.1, -0.05) is 230 Å². The fraction of sp³-hybridized carbons (Fsp3) is 0.569. The highest BCUT2D eigenvalue weighted by molar-refractivity contribution is 7.47. The summed E-state index contributed by atoms with van der Waals surface area (Å²) in [6, 6.07) is 0. The van der Waals surface area contributed by atoms with Gasteiger partial charge in [-0.15, -0.1) is 0 Å². The number of esters is 2. The van der Waals surface area contributed by atoms with Gasteiger partial charge >= 0.3 is 19.8 Å². The Balaban J connectivity index is 4.10. The predicted octanol–water partition coefficient (Wildman–Crippen LogP) is 18.5. The molecule has 422 valence electrons.